The third kappa shape index (κ3) is 4.42. The lowest BCUT2D eigenvalue weighted by Gasteiger charge is -2.26. The highest BCUT2D eigenvalue weighted by Crippen LogP contribution is 2.24. The molecule has 2 atom stereocenters. The van der Waals surface area contributed by atoms with Gasteiger partial charge in [0.05, 0.1) is 12.5 Å². The first-order chi connectivity index (χ1) is 11.5. The van der Waals surface area contributed by atoms with Crippen LogP contribution in [0.4, 0.5) is 0 Å². The van der Waals surface area contributed by atoms with Gasteiger partial charge in [0.15, 0.2) is 0 Å². The molecule has 1 aliphatic rings. The molecule has 1 aliphatic heterocycles. The Bertz CT molecular complexity index is 651. The number of carbonyl (C=O) groups is 3. The van der Waals surface area contributed by atoms with E-state index < -0.39 is 17.9 Å². The van der Waals surface area contributed by atoms with Crippen molar-refractivity contribution < 1.29 is 19.5 Å². The second kappa shape index (κ2) is 8.25. The summed E-state index contributed by atoms with van der Waals surface area (Å²) in [6, 6.07) is 10.3. The number of likely N-dealkylation sites (tertiary alicyclic amines) is 1. The lowest BCUT2D eigenvalue weighted by molar-refractivity contribution is -0.150. The molecule has 1 amide bonds. The molecule has 24 heavy (non-hydrogen) atoms. The summed E-state index contributed by atoms with van der Waals surface area (Å²) >= 11 is 0. The normalized spacial score (nSPS) is 18.0. The number of carboxylic acids is 1. The van der Waals surface area contributed by atoms with Crippen LogP contribution < -0.4 is 0 Å². The molecule has 1 fully saturated rings. The summed E-state index contributed by atoms with van der Waals surface area (Å²) < 4.78 is 0. The Morgan fingerprint density at radius 2 is 2.00 bits per heavy atom. The fraction of sp³-hybridized carbons (Fsp3) is 0.444. The second-order valence-corrected chi connectivity index (χ2v) is 5.99. The lowest BCUT2D eigenvalue weighted by atomic mass is 9.92. The largest absolute Gasteiger partial charge is 0.480 e. The Morgan fingerprint density at radius 3 is 2.62 bits per heavy atom. The summed E-state index contributed by atoms with van der Waals surface area (Å²) in [5, 5.41) is 17.9. The highest BCUT2D eigenvalue weighted by atomic mass is 16.4. The molecule has 2 rings (SSSR count). The number of carbonyl (C=O) groups excluding carboxylic acids is 2. The van der Waals surface area contributed by atoms with Gasteiger partial charge in [0.25, 0.3) is 0 Å². The van der Waals surface area contributed by atoms with Crippen molar-refractivity contribution in [2.75, 3.05) is 6.54 Å². The second-order valence-electron chi connectivity index (χ2n) is 5.99. The number of amides is 1. The van der Waals surface area contributed by atoms with E-state index in [2.05, 4.69) is 0 Å². The number of nitrogens with zero attached hydrogens (tertiary/aromatic N) is 2. The van der Waals surface area contributed by atoms with E-state index in [-0.39, 0.29) is 24.5 Å². The first-order valence-corrected chi connectivity index (χ1v) is 7.98. The van der Waals surface area contributed by atoms with Crippen LogP contribution in [0.1, 0.15) is 31.2 Å². The summed E-state index contributed by atoms with van der Waals surface area (Å²) in [6.07, 6.45) is 1.17. The molecule has 1 saturated heterocycles. The van der Waals surface area contributed by atoms with Crippen LogP contribution >= 0.6 is 0 Å². The summed E-state index contributed by atoms with van der Waals surface area (Å²) in [5.41, 5.74) is 0.909. The molecule has 1 unspecified atom stereocenters. The lowest BCUT2D eigenvalue weighted by Crippen LogP contribution is -2.44. The Balaban J connectivity index is 2.17. The van der Waals surface area contributed by atoms with Crippen LogP contribution in [0, 0.1) is 17.2 Å². The van der Waals surface area contributed by atoms with E-state index in [9.17, 15) is 19.5 Å². The average Bonchev–Trinajstić information content (AvgIpc) is 3.04. The Kier molecular flexibility index (Phi) is 6.07. The standard InChI is InChI=1S/C18H20N2O4/c19-9-8-15(21)12-14(11-13-5-2-1-3-6-13)17(22)20-10-4-7-16(20)18(23)24/h1-3,5-6,14,16H,4,7-8,10-12H2,(H,23,24)/t14?,16-/m0/s1. The number of Topliss-reactive ketones (excluding diaryl/α,β-unsaturated/α-hetero) is 1. The number of hydrogen-bond donors (Lipinski definition) is 1. The van der Waals surface area contributed by atoms with Gasteiger partial charge in [-0.05, 0) is 24.8 Å². The molecule has 6 nitrogen and oxygen atoms in total. The van der Waals surface area contributed by atoms with Crippen LogP contribution in [0.5, 0.6) is 0 Å². The molecule has 6 heteroatoms. The minimum absolute atomic E-state index is 0.0376. The van der Waals surface area contributed by atoms with Gasteiger partial charge < -0.3 is 10.0 Å². The van der Waals surface area contributed by atoms with Gasteiger partial charge in [0.2, 0.25) is 5.91 Å². The maximum atomic E-state index is 12.8. The predicted octanol–water partition coefficient (Wildman–Crippen LogP) is 1.79. The molecule has 1 aromatic rings. The molecule has 1 N–H and O–H groups in total. The van der Waals surface area contributed by atoms with Crippen LogP contribution in [0.15, 0.2) is 30.3 Å². The van der Waals surface area contributed by atoms with E-state index >= 15 is 0 Å². The Hall–Kier alpha value is -2.68. The SMILES string of the molecule is N#CCC(=O)CC(Cc1ccccc1)C(=O)N1CCC[C@H]1C(=O)O. The zero-order valence-corrected chi connectivity index (χ0v) is 13.4. The van der Waals surface area contributed by atoms with Crippen molar-refractivity contribution in [1.29, 1.82) is 5.26 Å². The Morgan fingerprint density at radius 1 is 1.29 bits per heavy atom. The summed E-state index contributed by atoms with van der Waals surface area (Å²) in [4.78, 5) is 37.4. The van der Waals surface area contributed by atoms with Crippen molar-refractivity contribution in [3.63, 3.8) is 0 Å². The Labute approximate surface area is 140 Å². The van der Waals surface area contributed by atoms with Crippen LogP contribution in [0.25, 0.3) is 0 Å². The van der Waals surface area contributed by atoms with Gasteiger partial charge in [0.1, 0.15) is 11.8 Å². The van der Waals surface area contributed by atoms with Gasteiger partial charge in [-0.2, -0.15) is 5.26 Å². The molecular formula is C18H20N2O4. The maximum Gasteiger partial charge on any atom is 0.326 e. The summed E-state index contributed by atoms with van der Waals surface area (Å²) in [6.45, 7) is 0.396. The fourth-order valence-electron chi connectivity index (χ4n) is 3.10. The van der Waals surface area contributed by atoms with Crippen molar-refractivity contribution >= 4 is 17.7 Å². The topological polar surface area (TPSA) is 98.5 Å². The van der Waals surface area contributed by atoms with Gasteiger partial charge >= 0.3 is 5.97 Å². The van der Waals surface area contributed by atoms with E-state index in [4.69, 9.17) is 5.26 Å². The van der Waals surface area contributed by atoms with Crippen molar-refractivity contribution in [2.45, 2.75) is 38.1 Å². The van der Waals surface area contributed by atoms with Crippen molar-refractivity contribution in [2.24, 2.45) is 5.92 Å². The number of ketones is 1. The highest BCUT2D eigenvalue weighted by Gasteiger charge is 2.37. The van der Waals surface area contributed by atoms with Crippen LogP contribution in [-0.4, -0.2) is 40.3 Å². The van der Waals surface area contributed by atoms with Crippen LogP contribution in [-0.2, 0) is 20.8 Å². The monoisotopic (exact) mass is 328 g/mol. The third-order valence-corrected chi connectivity index (χ3v) is 4.25. The van der Waals surface area contributed by atoms with Gasteiger partial charge in [-0.25, -0.2) is 4.79 Å². The third-order valence-electron chi connectivity index (χ3n) is 4.25. The number of rotatable bonds is 7. The first-order valence-electron chi connectivity index (χ1n) is 7.98. The van der Waals surface area contributed by atoms with Gasteiger partial charge in [-0.3, -0.25) is 9.59 Å². The molecule has 0 radical (unpaired) electrons. The zero-order chi connectivity index (χ0) is 17.5. The molecule has 0 saturated carbocycles. The van der Waals surface area contributed by atoms with E-state index in [0.29, 0.717) is 25.8 Å². The number of hydrogen-bond acceptors (Lipinski definition) is 4. The van der Waals surface area contributed by atoms with E-state index in [1.807, 2.05) is 30.3 Å². The average molecular weight is 328 g/mol. The van der Waals surface area contributed by atoms with E-state index in [1.54, 1.807) is 6.07 Å². The van der Waals surface area contributed by atoms with Gasteiger partial charge in [-0.1, -0.05) is 30.3 Å². The molecule has 0 aliphatic carbocycles. The van der Waals surface area contributed by atoms with Crippen molar-refractivity contribution in [3.05, 3.63) is 35.9 Å². The fourth-order valence-corrected chi connectivity index (χ4v) is 3.10. The molecule has 0 spiro atoms. The molecule has 1 heterocycles. The molecule has 0 aromatic heterocycles. The maximum absolute atomic E-state index is 12.8. The smallest absolute Gasteiger partial charge is 0.326 e. The van der Waals surface area contributed by atoms with E-state index in [1.165, 1.54) is 4.90 Å². The molecule has 126 valence electrons. The summed E-state index contributed by atoms with van der Waals surface area (Å²) in [5.74, 6) is -2.25. The molecule has 1 aromatic carbocycles. The number of nitriles is 1. The van der Waals surface area contributed by atoms with Crippen molar-refractivity contribution in [3.8, 4) is 6.07 Å². The van der Waals surface area contributed by atoms with Crippen LogP contribution in [0.2, 0.25) is 0 Å². The quantitative estimate of drug-likeness (QED) is 0.823. The zero-order valence-electron chi connectivity index (χ0n) is 13.4. The number of benzene rings is 1. The molecule has 0 bridgehead atoms. The minimum atomic E-state index is -1.01. The first kappa shape index (κ1) is 17.7. The van der Waals surface area contributed by atoms with Crippen LogP contribution in [0.3, 0.4) is 0 Å². The minimum Gasteiger partial charge on any atom is -0.480 e. The van der Waals surface area contributed by atoms with Gasteiger partial charge in [-0.15, -0.1) is 0 Å². The molecular weight excluding hydrogens is 308 g/mol. The summed E-state index contributed by atoms with van der Waals surface area (Å²) in [7, 11) is 0. The predicted molar refractivity (Wildman–Crippen MR) is 85.9 cm³/mol. The number of carboxylic acid groups (broad SMARTS) is 1. The highest BCUT2D eigenvalue weighted by molar-refractivity contribution is 5.90. The van der Waals surface area contributed by atoms with E-state index in [0.717, 1.165) is 5.56 Å². The van der Waals surface area contributed by atoms with Gasteiger partial charge in [0, 0.05) is 18.9 Å². The van der Waals surface area contributed by atoms with Crippen molar-refractivity contribution in [1.82, 2.24) is 4.90 Å². The number of aliphatic carboxylic acids is 1.